The average molecular weight is 480 g/mol. The number of phosphoric acid groups is 1. The van der Waals surface area contributed by atoms with Crippen molar-refractivity contribution in [1.82, 2.24) is 0 Å². The van der Waals surface area contributed by atoms with Gasteiger partial charge < -0.3 is 29.4 Å². The SMILES string of the molecule is CCCCOc1ccc(OCCCCOP(=O)(O)O[C@H](CC(=O)O)C[N+](C)(C)C)cc1.[OH-]. The van der Waals surface area contributed by atoms with Gasteiger partial charge in [-0.2, -0.15) is 0 Å². The van der Waals surface area contributed by atoms with Crippen LogP contribution in [0.15, 0.2) is 24.3 Å². The largest absolute Gasteiger partial charge is 0.870 e. The predicted molar refractivity (Wildman–Crippen MR) is 119 cm³/mol. The zero-order valence-electron chi connectivity index (χ0n) is 19.4. The Labute approximate surface area is 190 Å². The number of hydrogen-bond acceptors (Lipinski definition) is 7. The van der Waals surface area contributed by atoms with Crippen molar-refractivity contribution in [3.63, 3.8) is 0 Å². The van der Waals surface area contributed by atoms with E-state index in [-0.39, 0.29) is 25.0 Å². The third kappa shape index (κ3) is 15.2. The Morgan fingerprint density at radius 3 is 1.97 bits per heavy atom. The maximum absolute atomic E-state index is 12.1. The topological polar surface area (TPSA) is 142 Å². The number of ether oxygens (including phenoxy) is 2. The van der Waals surface area contributed by atoms with Crippen molar-refractivity contribution in [2.45, 2.75) is 45.1 Å². The van der Waals surface area contributed by atoms with Crippen LogP contribution in [-0.4, -0.2) is 79.5 Å². The van der Waals surface area contributed by atoms with E-state index in [0.29, 0.717) is 30.5 Å². The molecule has 0 aromatic heterocycles. The van der Waals surface area contributed by atoms with E-state index in [4.69, 9.17) is 23.6 Å². The van der Waals surface area contributed by atoms with Crippen LogP contribution < -0.4 is 9.47 Å². The molecule has 1 unspecified atom stereocenters. The molecule has 1 aromatic rings. The molecule has 0 aliphatic carbocycles. The number of carbonyl (C=O) groups is 1. The monoisotopic (exact) mass is 479 g/mol. The van der Waals surface area contributed by atoms with Crippen LogP contribution in [0.25, 0.3) is 0 Å². The van der Waals surface area contributed by atoms with Crippen molar-refractivity contribution < 1.29 is 47.8 Å². The van der Waals surface area contributed by atoms with Gasteiger partial charge in [-0.05, 0) is 43.5 Å². The van der Waals surface area contributed by atoms with Gasteiger partial charge in [0.15, 0.2) is 0 Å². The first-order chi connectivity index (χ1) is 14.5. The fraction of sp³-hybridized carbons (Fsp3) is 0.667. The fourth-order valence-corrected chi connectivity index (χ4v) is 3.64. The number of hydrogen-bond donors (Lipinski definition) is 2. The number of nitrogens with zero attached hydrogens (tertiary/aromatic N) is 1. The minimum absolute atomic E-state index is 0. The Morgan fingerprint density at radius 2 is 1.50 bits per heavy atom. The van der Waals surface area contributed by atoms with E-state index >= 15 is 0 Å². The first-order valence-corrected chi connectivity index (χ1v) is 12.0. The molecular weight excluding hydrogens is 441 g/mol. The van der Waals surface area contributed by atoms with Crippen molar-refractivity contribution in [3.05, 3.63) is 24.3 Å². The maximum Gasteiger partial charge on any atom is 0.472 e. The predicted octanol–water partition coefficient (Wildman–Crippen LogP) is 3.53. The van der Waals surface area contributed by atoms with Gasteiger partial charge in [-0.25, -0.2) is 4.57 Å². The van der Waals surface area contributed by atoms with Crippen molar-refractivity contribution >= 4 is 13.8 Å². The summed E-state index contributed by atoms with van der Waals surface area (Å²) in [4.78, 5) is 20.9. The summed E-state index contributed by atoms with van der Waals surface area (Å²) < 4.78 is 33.9. The first-order valence-electron chi connectivity index (χ1n) is 10.5. The van der Waals surface area contributed by atoms with Crippen LogP contribution in [0, 0.1) is 0 Å². The van der Waals surface area contributed by atoms with Gasteiger partial charge in [0, 0.05) is 0 Å². The van der Waals surface area contributed by atoms with Gasteiger partial charge in [0.05, 0.1) is 47.4 Å². The Hall–Kier alpha value is -1.68. The quantitative estimate of drug-likeness (QED) is 0.195. The molecule has 0 amide bonds. The zero-order chi connectivity index (χ0) is 23.3. The van der Waals surface area contributed by atoms with Crippen LogP contribution in [0.1, 0.15) is 39.0 Å². The van der Waals surface area contributed by atoms with E-state index in [0.717, 1.165) is 24.3 Å². The van der Waals surface area contributed by atoms with Crippen molar-refractivity contribution in [3.8, 4) is 11.5 Å². The molecule has 0 aliphatic heterocycles. The van der Waals surface area contributed by atoms with Crippen LogP contribution in [0.4, 0.5) is 0 Å². The van der Waals surface area contributed by atoms with E-state index in [9.17, 15) is 14.3 Å². The van der Waals surface area contributed by atoms with Crippen molar-refractivity contribution in [1.29, 1.82) is 0 Å². The lowest BCUT2D eigenvalue weighted by Gasteiger charge is -2.29. The number of quaternary nitrogens is 1. The second kappa shape index (κ2) is 15.2. The number of phosphoric ester groups is 1. The number of likely N-dealkylation sites (N-methyl/N-ethyl adjacent to an activating group) is 1. The smallest absolute Gasteiger partial charge is 0.472 e. The number of carboxylic acid groups (broad SMARTS) is 1. The highest BCUT2D eigenvalue weighted by atomic mass is 31.2. The Bertz CT molecular complexity index is 692. The molecule has 11 heteroatoms. The van der Waals surface area contributed by atoms with Gasteiger partial charge in [-0.3, -0.25) is 13.8 Å². The molecule has 2 atom stereocenters. The fourth-order valence-electron chi connectivity index (χ4n) is 2.70. The summed E-state index contributed by atoms with van der Waals surface area (Å²) in [7, 11) is 1.18. The minimum atomic E-state index is -4.34. The summed E-state index contributed by atoms with van der Waals surface area (Å²) >= 11 is 0. The molecular formula is C21H38NO9P. The molecule has 0 spiro atoms. The van der Waals surface area contributed by atoms with Gasteiger partial charge in [-0.15, -0.1) is 0 Å². The van der Waals surface area contributed by atoms with Gasteiger partial charge in [-0.1, -0.05) is 13.3 Å². The number of carboxylic acids is 1. The van der Waals surface area contributed by atoms with E-state index < -0.39 is 19.9 Å². The summed E-state index contributed by atoms with van der Waals surface area (Å²) in [6.45, 7) is 3.50. The molecule has 3 N–H and O–H groups in total. The van der Waals surface area contributed by atoms with Gasteiger partial charge >= 0.3 is 13.8 Å². The van der Waals surface area contributed by atoms with E-state index in [1.807, 2.05) is 45.4 Å². The number of aliphatic carboxylic acids is 1. The van der Waals surface area contributed by atoms with Crippen molar-refractivity contribution in [2.24, 2.45) is 0 Å². The first kappa shape index (κ1) is 30.3. The molecule has 32 heavy (non-hydrogen) atoms. The summed E-state index contributed by atoms with van der Waals surface area (Å²) in [6.07, 6.45) is 1.91. The minimum Gasteiger partial charge on any atom is -0.870 e. The molecule has 0 radical (unpaired) electrons. The maximum atomic E-state index is 12.1. The lowest BCUT2D eigenvalue weighted by Crippen LogP contribution is -2.42. The lowest BCUT2D eigenvalue weighted by molar-refractivity contribution is -0.873. The average Bonchev–Trinajstić information content (AvgIpc) is 2.63. The van der Waals surface area contributed by atoms with Crippen molar-refractivity contribution in [2.75, 3.05) is 47.5 Å². The highest BCUT2D eigenvalue weighted by Crippen LogP contribution is 2.45. The van der Waals surface area contributed by atoms with E-state index in [1.54, 1.807) is 0 Å². The Morgan fingerprint density at radius 1 is 1.00 bits per heavy atom. The second-order valence-electron chi connectivity index (χ2n) is 8.33. The molecule has 0 fully saturated rings. The second-order valence-corrected chi connectivity index (χ2v) is 9.74. The number of unbranched alkanes of at least 4 members (excludes halogenated alkanes) is 2. The highest BCUT2D eigenvalue weighted by molar-refractivity contribution is 7.47. The van der Waals surface area contributed by atoms with E-state index in [2.05, 4.69) is 6.92 Å². The Balaban J connectivity index is 0.00000961. The van der Waals surface area contributed by atoms with Crippen LogP contribution in [0.5, 0.6) is 11.5 Å². The number of benzene rings is 1. The highest BCUT2D eigenvalue weighted by Gasteiger charge is 2.31. The van der Waals surface area contributed by atoms with Crippen LogP contribution in [0.3, 0.4) is 0 Å². The standard InChI is InChI=1S/C21H36NO8P.H2O/c1-5-6-13-27-18-9-11-19(12-10-18)28-14-7-8-15-29-31(25,26)30-20(16-21(23)24)17-22(2,3)4;/h9-12,20H,5-8,13-17H2,1-4H3,(H-,23,24,25,26);1H2/t20-;/m1./s1. The molecule has 1 rings (SSSR count). The van der Waals surface area contributed by atoms with Gasteiger partial charge in [0.2, 0.25) is 0 Å². The third-order valence-electron chi connectivity index (χ3n) is 4.09. The molecule has 0 saturated carbocycles. The summed E-state index contributed by atoms with van der Waals surface area (Å²) in [6, 6.07) is 7.39. The van der Waals surface area contributed by atoms with Gasteiger partial charge in [0.1, 0.15) is 24.1 Å². The molecule has 0 bridgehead atoms. The zero-order valence-corrected chi connectivity index (χ0v) is 20.3. The van der Waals surface area contributed by atoms with Crippen LogP contribution in [0.2, 0.25) is 0 Å². The van der Waals surface area contributed by atoms with Crippen LogP contribution >= 0.6 is 7.82 Å². The molecule has 0 aliphatic rings. The molecule has 186 valence electrons. The summed E-state index contributed by atoms with van der Waals surface area (Å²) in [5.41, 5.74) is 0. The lowest BCUT2D eigenvalue weighted by atomic mass is 10.2. The molecule has 0 heterocycles. The van der Waals surface area contributed by atoms with E-state index in [1.165, 1.54) is 0 Å². The van der Waals surface area contributed by atoms with Gasteiger partial charge in [0.25, 0.3) is 0 Å². The molecule has 0 saturated heterocycles. The Kier molecular flexibility index (Phi) is 14.4. The summed E-state index contributed by atoms with van der Waals surface area (Å²) in [5.74, 6) is 0.423. The molecule has 1 aromatic carbocycles. The summed E-state index contributed by atoms with van der Waals surface area (Å²) in [5, 5.41) is 8.99. The third-order valence-corrected chi connectivity index (χ3v) is 5.16. The number of rotatable bonds is 17. The molecule has 10 nitrogen and oxygen atoms in total. The normalized spacial score (nSPS) is 14.2. The van der Waals surface area contributed by atoms with Crippen LogP contribution in [-0.2, 0) is 18.4 Å².